The Kier molecular flexibility index (Phi) is 8.25. The van der Waals surface area contributed by atoms with Crippen LogP contribution in [0.25, 0.3) is 0 Å². The Hall–Kier alpha value is -2.90. The van der Waals surface area contributed by atoms with Crippen LogP contribution in [-0.2, 0) is 9.59 Å². The van der Waals surface area contributed by atoms with Gasteiger partial charge in [0.1, 0.15) is 0 Å². The molecule has 0 spiro atoms. The van der Waals surface area contributed by atoms with Crippen molar-refractivity contribution in [2.45, 2.75) is 78.1 Å². The molecule has 2 amide bonds. The second-order valence-corrected chi connectivity index (χ2v) is 9.54. The molecule has 2 heterocycles. The molecule has 2 aromatic rings. The molecule has 0 aromatic carbocycles. The van der Waals surface area contributed by atoms with Crippen LogP contribution in [0, 0.1) is 11.8 Å². The molecule has 1 aliphatic carbocycles. The first-order valence-electron chi connectivity index (χ1n) is 11.6. The summed E-state index contributed by atoms with van der Waals surface area (Å²) in [5.74, 6) is 2.11. The van der Waals surface area contributed by atoms with Crippen LogP contribution < -0.4 is 10.6 Å². The van der Waals surface area contributed by atoms with Gasteiger partial charge in [0.25, 0.3) is 0 Å². The number of aromatic nitrogens is 4. The highest BCUT2D eigenvalue weighted by molar-refractivity contribution is 5.90. The van der Waals surface area contributed by atoms with E-state index >= 15 is 0 Å². The lowest BCUT2D eigenvalue weighted by atomic mass is 9.78. The van der Waals surface area contributed by atoms with E-state index in [0.29, 0.717) is 48.1 Å². The Morgan fingerprint density at radius 1 is 0.781 bits per heavy atom. The van der Waals surface area contributed by atoms with Crippen LogP contribution in [0.5, 0.6) is 0 Å². The number of nitrogens with zero attached hydrogens (tertiary/aromatic N) is 4. The van der Waals surface area contributed by atoms with Crippen LogP contribution in [0.4, 0.5) is 11.6 Å². The van der Waals surface area contributed by atoms with E-state index in [9.17, 15) is 9.59 Å². The second kappa shape index (κ2) is 11.1. The van der Waals surface area contributed by atoms with E-state index in [2.05, 4.69) is 31.0 Å². The summed E-state index contributed by atoms with van der Waals surface area (Å²) in [5, 5.41) is 22.8. The monoisotopic (exact) mass is 438 g/mol. The Morgan fingerprint density at radius 3 is 1.56 bits per heavy atom. The Balaban J connectivity index is 1.58. The van der Waals surface area contributed by atoms with E-state index in [4.69, 9.17) is 0 Å². The number of hydrogen-bond donors (Lipinski definition) is 2. The maximum atomic E-state index is 11.9. The molecule has 172 valence electrons. The molecule has 2 atom stereocenters. The number of carbonyl (C=O) groups excluding carboxylic acids is 2. The van der Waals surface area contributed by atoms with Crippen molar-refractivity contribution in [3.63, 3.8) is 0 Å². The topological polar surface area (TPSA) is 110 Å². The summed E-state index contributed by atoms with van der Waals surface area (Å²) in [7, 11) is 0. The van der Waals surface area contributed by atoms with Gasteiger partial charge in [0.05, 0.1) is 11.4 Å². The SMILES string of the molecule is CC(C)CC(=O)Nc1ccc([C@@H]2CCC[C@H](c3ccc(NC(=O)CC(C)C)nn3)C2)nn1. The van der Waals surface area contributed by atoms with Crippen LogP contribution in [0.2, 0.25) is 0 Å². The number of carbonyl (C=O) groups is 2. The minimum Gasteiger partial charge on any atom is -0.309 e. The predicted molar refractivity (Wildman–Crippen MR) is 124 cm³/mol. The number of nitrogens with one attached hydrogen (secondary N) is 2. The standard InChI is InChI=1S/C24H34N6O2/c1-15(2)12-23(31)25-21-10-8-19(27-29-21)17-6-5-7-18(14-17)20-9-11-22(30-28-20)26-24(32)13-16(3)4/h8-11,15-18H,5-7,12-14H2,1-4H3,(H,25,29,31)(H,26,30,32)/t17-,18+. The highest BCUT2D eigenvalue weighted by atomic mass is 16.2. The molecule has 1 fully saturated rings. The number of anilines is 2. The van der Waals surface area contributed by atoms with Crippen LogP contribution in [0.3, 0.4) is 0 Å². The Bertz CT molecular complexity index is 822. The van der Waals surface area contributed by atoms with Gasteiger partial charge in [-0.2, -0.15) is 10.2 Å². The average molecular weight is 439 g/mol. The summed E-state index contributed by atoms with van der Waals surface area (Å²) in [6.45, 7) is 8.03. The summed E-state index contributed by atoms with van der Waals surface area (Å²) < 4.78 is 0. The summed E-state index contributed by atoms with van der Waals surface area (Å²) >= 11 is 0. The molecular weight excluding hydrogens is 404 g/mol. The molecular formula is C24H34N6O2. The van der Waals surface area contributed by atoms with Crippen LogP contribution in [0.1, 0.15) is 89.4 Å². The van der Waals surface area contributed by atoms with Gasteiger partial charge in [0.2, 0.25) is 11.8 Å². The largest absolute Gasteiger partial charge is 0.309 e. The van der Waals surface area contributed by atoms with Gasteiger partial charge < -0.3 is 10.6 Å². The van der Waals surface area contributed by atoms with Gasteiger partial charge in [-0.1, -0.05) is 34.1 Å². The molecule has 2 N–H and O–H groups in total. The van der Waals surface area contributed by atoms with Crippen molar-refractivity contribution in [1.82, 2.24) is 20.4 Å². The zero-order valence-electron chi connectivity index (χ0n) is 19.5. The molecule has 32 heavy (non-hydrogen) atoms. The zero-order chi connectivity index (χ0) is 23.1. The minimum absolute atomic E-state index is 0.0396. The second-order valence-electron chi connectivity index (χ2n) is 9.54. The molecule has 0 saturated heterocycles. The third kappa shape index (κ3) is 7.07. The average Bonchev–Trinajstić information content (AvgIpc) is 2.74. The normalized spacial score (nSPS) is 18.6. The molecule has 8 heteroatoms. The lowest BCUT2D eigenvalue weighted by Crippen LogP contribution is -2.18. The van der Waals surface area contributed by atoms with Crippen molar-refractivity contribution in [2.75, 3.05) is 10.6 Å². The lowest BCUT2D eigenvalue weighted by Gasteiger charge is -2.28. The third-order valence-electron chi connectivity index (χ3n) is 5.60. The quantitative estimate of drug-likeness (QED) is 0.619. The van der Waals surface area contributed by atoms with Crippen LogP contribution in [-0.4, -0.2) is 32.2 Å². The van der Waals surface area contributed by atoms with Crippen LogP contribution >= 0.6 is 0 Å². The smallest absolute Gasteiger partial charge is 0.225 e. The van der Waals surface area contributed by atoms with E-state index in [0.717, 1.165) is 37.1 Å². The zero-order valence-corrected chi connectivity index (χ0v) is 19.5. The highest BCUT2D eigenvalue weighted by Gasteiger charge is 2.27. The van der Waals surface area contributed by atoms with Crippen molar-refractivity contribution >= 4 is 23.5 Å². The molecule has 3 rings (SSSR count). The lowest BCUT2D eigenvalue weighted by molar-refractivity contribution is -0.117. The van der Waals surface area contributed by atoms with Gasteiger partial charge in [0, 0.05) is 24.7 Å². The number of rotatable bonds is 8. The highest BCUT2D eigenvalue weighted by Crippen LogP contribution is 2.40. The fraction of sp³-hybridized carbons (Fsp3) is 0.583. The number of hydrogen-bond acceptors (Lipinski definition) is 6. The van der Waals surface area contributed by atoms with E-state index in [1.54, 1.807) is 0 Å². The van der Waals surface area contributed by atoms with E-state index in [-0.39, 0.29) is 11.8 Å². The maximum absolute atomic E-state index is 11.9. The van der Waals surface area contributed by atoms with Gasteiger partial charge in [-0.3, -0.25) is 9.59 Å². The first-order valence-corrected chi connectivity index (χ1v) is 11.6. The van der Waals surface area contributed by atoms with Crippen molar-refractivity contribution in [3.8, 4) is 0 Å². The maximum Gasteiger partial charge on any atom is 0.225 e. The van der Waals surface area contributed by atoms with Crippen molar-refractivity contribution in [2.24, 2.45) is 11.8 Å². The van der Waals surface area contributed by atoms with Gasteiger partial charge >= 0.3 is 0 Å². The summed E-state index contributed by atoms with van der Waals surface area (Å²) in [4.78, 5) is 23.8. The van der Waals surface area contributed by atoms with Gasteiger partial charge in [0.15, 0.2) is 11.6 Å². The molecule has 2 aromatic heterocycles. The Labute approximate surface area is 190 Å². The van der Waals surface area contributed by atoms with Crippen molar-refractivity contribution in [1.29, 1.82) is 0 Å². The first kappa shape index (κ1) is 23.8. The molecule has 0 radical (unpaired) electrons. The molecule has 0 unspecified atom stereocenters. The van der Waals surface area contributed by atoms with E-state index in [1.807, 2.05) is 52.0 Å². The Morgan fingerprint density at radius 2 is 1.22 bits per heavy atom. The summed E-state index contributed by atoms with van der Waals surface area (Å²) in [6, 6.07) is 7.59. The van der Waals surface area contributed by atoms with Gasteiger partial charge in [-0.05, 0) is 55.4 Å². The molecule has 0 aliphatic heterocycles. The molecule has 0 bridgehead atoms. The number of amides is 2. The first-order chi connectivity index (χ1) is 15.3. The predicted octanol–water partition coefficient (Wildman–Crippen LogP) is 4.68. The summed E-state index contributed by atoms with van der Waals surface area (Å²) in [6.07, 6.45) is 5.06. The van der Waals surface area contributed by atoms with Crippen molar-refractivity contribution < 1.29 is 9.59 Å². The van der Waals surface area contributed by atoms with Gasteiger partial charge in [-0.25, -0.2) is 0 Å². The molecule has 1 aliphatic rings. The van der Waals surface area contributed by atoms with Crippen LogP contribution in [0.15, 0.2) is 24.3 Å². The van der Waals surface area contributed by atoms with Gasteiger partial charge in [-0.15, -0.1) is 10.2 Å². The third-order valence-corrected chi connectivity index (χ3v) is 5.60. The fourth-order valence-corrected chi connectivity index (χ4v) is 4.11. The molecule has 1 saturated carbocycles. The summed E-state index contributed by atoms with van der Waals surface area (Å²) in [5.41, 5.74) is 1.89. The van der Waals surface area contributed by atoms with E-state index in [1.165, 1.54) is 0 Å². The fourth-order valence-electron chi connectivity index (χ4n) is 4.11. The van der Waals surface area contributed by atoms with E-state index < -0.39 is 0 Å². The minimum atomic E-state index is -0.0396. The molecule has 8 nitrogen and oxygen atoms in total. The van der Waals surface area contributed by atoms with Crippen molar-refractivity contribution in [3.05, 3.63) is 35.7 Å².